The molecule has 1 atom stereocenters. The zero-order chi connectivity index (χ0) is 9.54. The Morgan fingerprint density at radius 3 is 3.21 bits per heavy atom. The number of nitrogens with zero attached hydrogens (tertiary/aromatic N) is 1. The number of oxime groups is 1. The Labute approximate surface area is 80.7 Å². The fourth-order valence-corrected chi connectivity index (χ4v) is 1.82. The van der Waals surface area contributed by atoms with E-state index in [2.05, 4.69) is 5.16 Å². The molecular weight excluding hydrogens is 178 g/mol. The maximum atomic E-state index is 11.5. The van der Waals surface area contributed by atoms with Crippen LogP contribution in [0, 0.1) is 0 Å². The Morgan fingerprint density at radius 1 is 1.36 bits per heavy atom. The van der Waals surface area contributed by atoms with Crippen LogP contribution in [0.5, 0.6) is 0 Å². The molecule has 0 saturated carbocycles. The molecule has 1 aliphatic heterocycles. The van der Waals surface area contributed by atoms with Crippen molar-refractivity contribution in [1.29, 1.82) is 0 Å². The van der Waals surface area contributed by atoms with E-state index >= 15 is 0 Å². The van der Waals surface area contributed by atoms with Gasteiger partial charge in [-0.1, -0.05) is 23.4 Å². The Balaban J connectivity index is 2.25. The van der Waals surface area contributed by atoms with Gasteiger partial charge in [-0.15, -0.1) is 0 Å². The summed E-state index contributed by atoms with van der Waals surface area (Å²) in [6, 6.07) is 0. The lowest BCUT2D eigenvalue weighted by Crippen LogP contribution is -2.25. The standard InChI is InChI=1S/C11H7NO2/c13-9-5-4-7-2-1-3-10-11(7)8(9)6-12-14-10/h1-6,10H. The van der Waals surface area contributed by atoms with E-state index in [0.717, 1.165) is 11.1 Å². The molecule has 0 saturated heterocycles. The van der Waals surface area contributed by atoms with E-state index in [0.29, 0.717) is 5.57 Å². The smallest absolute Gasteiger partial charge is 0.187 e. The van der Waals surface area contributed by atoms with Crippen LogP contribution in [0.1, 0.15) is 0 Å². The third-order valence-corrected chi connectivity index (χ3v) is 2.48. The van der Waals surface area contributed by atoms with Gasteiger partial charge in [-0.2, -0.15) is 0 Å². The largest absolute Gasteiger partial charge is 0.383 e. The minimum atomic E-state index is -0.191. The average molecular weight is 185 g/mol. The van der Waals surface area contributed by atoms with Crippen LogP contribution in [-0.4, -0.2) is 18.1 Å². The van der Waals surface area contributed by atoms with Gasteiger partial charge in [-0.3, -0.25) is 4.79 Å². The van der Waals surface area contributed by atoms with E-state index in [-0.39, 0.29) is 11.9 Å². The summed E-state index contributed by atoms with van der Waals surface area (Å²) < 4.78 is 0. The maximum absolute atomic E-state index is 11.5. The average Bonchev–Trinajstić information content (AvgIpc) is 2.24. The van der Waals surface area contributed by atoms with Crippen LogP contribution in [0.15, 0.2) is 52.3 Å². The fourth-order valence-electron chi connectivity index (χ4n) is 1.82. The van der Waals surface area contributed by atoms with Crippen molar-refractivity contribution in [2.24, 2.45) is 5.16 Å². The van der Waals surface area contributed by atoms with Crippen LogP contribution in [0.3, 0.4) is 0 Å². The van der Waals surface area contributed by atoms with Crippen molar-refractivity contribution in [3.05, 3.63) is 47.1 Å². The van der Waals surface area contributed by atoms with Gasteiger partial charge in [0.25, 0.3) is 0 Å². The maximum Gasteiger partial charge on any atom is 0.187 e. The van der Waals surface area contributed by atoms with Crippen molar-refractivity contribution >= 4 is 12.0 Å². The normalized spacial score (nSPS) is 27.3. The molecule has 0 spiro atoms. The van der Waals surface area contributed by atoms with Gasteiger partial charge in [-0.05, 0) is 17.7 Å². The lowest BCUT2D eigenvalue weighted by Gasteiger charge is -2.26. The summed E-state index contributed by atoms with van der Waals surface area (Å²) in [5, 5.41) is 3.72. The van der Waals surface area contributed by atoms with Crippen LogP contribution in [0.2, 0.25) is 0 Å². The Bertz CT molecular complexity index is 464. The van der Waals surface area contributed by atoms with E-state index in [4.69, 9.17) is 4.84 Å². The number of ketones is 1. The highest BCUT2D eigenvalue weighted by atomic mass is 16.6. The minimum absolute atomic E-state index is 0.00417. The van der Waals surface area contributed by atoms with Crippen LogP contribution in [0.25, 0.3) is 0 Å². The quantitative estimate of drug-likeness (QED) is 0.570. The summed E-state index contributed by atoms with van der Waals surface area (Å²) in [5.74, 6) is 0.00417. The summed E-state index contributed by atoms with van der Waals surface area (Å²) in [7, 11) is 0. The van der Waals surface area contributed by atoms with Crippen LogP contribution in [-0.2, 0) is 9.63 Å². The highest BCUT2D eigenvalue weighted by Crippen LogP contribution is 2.31. The van der Waals surface area contributed by atoms with Crippen LogP contribution >= 0.6 is 0 Å². The number of hydrogen-bond acceptors (Lipinski definition) is 3. The monoisotopic (exact) mass is 185 g/mol. The molecule has 14 heavy (non-hydrogen) atoms. The zero-order valence-electron chi connectivity index (χ0n) is 7.31. The molecule has 0 aromatic carbocycles. The first-order chi connectivity index (χ1) is 6.86. The van der Waals surface area contributed by atoms with Crippen molar-refractivity contribution in [3.8, 4) is 0 Å². The molecule has 0 N–H and O–H groups in total. The molecule has 1 unspecified atom stereocenters. The van der Waals surface area contributed by atoms with E-state index in [1.54, 1.807) is 6.08 Å². The van der Waals surface area contributed by atoms with E-state index < -0.39 is 0 Å². The van der Waals surface area contributed by atoms with E-state index in [1.807, 2.05) is 24.3 Å². The molecule has 3 rings (SSSR count). The Kier molecular flexibility index (Phi) is 1.36. The van der Waals surface area contributed by atoms with Crippen LogP contribution < -0.4 is 0 Å². The second-order valence-electron chi connectivity index (χ2n) is 3.29. The SMILES string of the molecule is O=C1C=CC2=CC=CC3ON=CC1=C23. The topological polar surface area (TPSA) is 38.7 Å². The number of carbonyl (C=O) groups is 1. The van der Waals surface area contributed by atoms with Crippen molar-refractivity contribution in [2.75, 3.05) is 0 Å². The highest BCUT2D eigenvalue weighted by Gasteiger charge is 2.29. The third-order valence-electron chi connectivity index (χ3n) is 2.48. The van der Waals surface area contributed by atoms with Gasteiger partial charge in [0, 0.05) is 5.57 Å². The molecule has 0 aromatic heterocycles. The van der Waals surface area contributed by atoms with Crippen molar-refractivity contribution in [2.45, 2.75) is 6.10 Å². The predicted molar refractivity (Wildman–Crippen MR) is 51.8 cm³/mol. The lowest BCUT2D eigenvalue weighted by atomic mass is 9.85. The zero-order valence-corrected chi connectivity index (χ0v) is 7.31. The van der Waals surface area contributed by atoms with Crippen molar-refractivity contribution in [1.82, 2.24) is 0 Å². The van der Waals surface area contributed by atoms with Crippen molar-refractivity contribution in [3.63, 3.8) is 0 Å². The Hall–Kier alpha value is -1.90. The summed E-state index contributed by atoms with van der Waals surface area (Å²) in [4.78, 5) is 16.7. The fraction of sp³-hybridized carbons (Fsp3) is 0.0909. The van der Waals surface area contributed by atoms with Gasteiger partial charge in [0.05, 0.1) is 11.8 Å². The van der Waals surface area contributed by atoms with Crippen LogP contribution in [0.4, 0.5) is 0 Å². The first-order valence-electron chi connectivity index (χ1n) is 4.41. The molecule has 3 nitrogen and oxygen atoms in total. The van der Waals surface area contributed by atoms with E-state index in [1.165, 1.54) is 6.21 Å². The number of carbonyl (C=O) groups excluding carboxylic acids is 1. The van der Waals surface area contributed by atoms with Gasteiger partial charge < -0.3 is 4.84 Å². The highest BCUT2D eigenvalue weighted by molar-refractivity contribution is 6.21. The molecule has 0 aromatic rings. The first kappa shape index (κ1) is 7.50. The summed E-state index contributed by atoms with van der Waals surface area (Å²) >= 11 is 0. The number of hydrogen-bond donors (Lipinski definition) is 0. The second-order valence-corrected chi connectivity index (χ2v) is 3.29. The van der Waals surface area contributed by atoms with Gasteiger partial charge in [0.1, 0.15) is 0 Å². The van der Waals surface area contributed by atoms with Gasteiger partial charge >= 0.3 is 0 Å². The van der Waals surface area contributed by atoms with Gasteiger partial charge in [0.15, 0.2) is 11.9 Å². The van der Waals surface area contributed by atoms with Gasteiger partial charge in [0.2, 0.25) is 0 Å². The molecular formula is C11H7NO2. The lowest BCUT2D eigenvalue weighted by molar-refractivity contribution is -0.111. The summed E-state index contributed by atoms with van der Waals surface area (Å²) in [6.45, 7) is 0. The number of rotatable bonds is 0. The second kappa shape index (κ2) is 2.54. The summed E-state index contributed by atoms with van der Waals surface area (Å²) in [5.41, 5.74) is 2.63. The van der Waals surface area contributed by atoms with E-state index in [9.17, 15) is 4.79 Å². The molecule has 2 aliphatic carbocycles. The third kappa shape index (κ3) is 0.865. The Morgan fingerprint density at radius 2 is 2.29 bits per heavy atom. The minimum Gasteiger partial charge on any atom is -0.383 e. The molecule has 0 amide bonds. The molecule has 3 heteroatoms. The predicted octanol–water partition coefficient (Wildman–Crippen LogP) is 1.30. The molecule has 0 bridgehead atoms. The summed E-state index contributed by atoms with van der Waals surface area (Å²) in [6.07, 6.45) is 10.5. The molecule has 0 radical (unpaired) electrons. The molecule has 68 valence electrons. The molecule has 3 aliphatic rings. The first-order valence-corrected chi connectivity index (χ1v) is 4.41. The molecule has 0 fully saturated rings. The van der Waals surface area contributed by atoms with Gasteiger partial charge in [-0.25, -0.2) is 0 Å². The number of allylic oxidation sites excluding steroid dienone is 5. The molecule has 1 heterocycles. The van der Waals surface area contributed by atoms with Crippen molar-refractivity contribution < 1.29 is 9.63 Å².